The summed E-state index contributed by atoms with van der Waals surface area (Å²) in [5.74, 6) is 0. The van der Waals surface area contributed by atoms with Crippen LogP contribution < -0.4 is 0 Å². The van der Waals surface area contributed by atoms with Crippen molar-refractivity contribution in [2.75, 3.05) is 0 Å². The minimum atomic E-state index is -4.96. The van der Waals surface area contributed by atoms with E-state index in [1.54, 1.807) is 6.07 Å². The van der Waals surface area contributed by atoms with Crippen LogP contribution >= 0.6 is 0 Å². The topological polar surface area (TPSA) is 26.0 Å². The first-order valence-electron chi connectivity index (χ1n) is 17.7. The van der Waals surface area contributed by atoms with Crippen LogP contribution in [-0.2, 0) is 6.37 Å². The van der Waals surface area contributed by atoms with Gasteiger partial charge in [-0.05, 0) is 93.7 Å². The lowest BCUT2D eigenvalue weighted by atomic mass is 9.84. The van der Waals surface area contributed by atoms with Crippen molar-refractivity contribution in [1.29, 1.82) is 0 Å². The smallest absolute Gasteiger partial charge is 0.394 e. The summed E-state index contributed by atoms with van der Waals surface area (Å²) in [6.07, 6.45) is -6.85. The van der Waals surface area contributed by atoms with Gasteiger partial charge in [0.25, 0.3) is 0 Å². The van der Waals surface area contributed by atoms with E-state index in [1.165, 1.54) is 12.1 Å². The van der Waals surface area contributed by atoms with Crippen LogP contribution in [0.5, 0.6) is 0 Å². The lowest BCUT2D eigenvalue weighted by Gasteiger charge is -2.28. The van der Waals surface area contributed by atoms with Crippen molar-refractivity contribution in [2.45, 2.75) is 40.1 Å². The summed E-state index contributed by atoms with van der Waals surface area (Å²) >= 11 is 0. The maximum Gasteiger partial charge on any atom is 0.394 e. The van der Waals surface area contributed by atoms with Crippen LogP contribution in [0.25, 0.3) is 65.9 Å². The highest BCUT2D eigenvalue weighted by Gasteiger charge is 2.47. The van der Waals surface area contributed by atoms with E-state index in [-0.39, 0.29) is 22.4 Å². The fourth-order valence-corrected chi connectivity index (χ4v) is 5.61. The van der Waals surface area contributed by atoms with Gasteiger partial charge in [-0.15, -0.1) is 0 Å². The quantitative estimate of drug-likeness (QED) is 0.193. The number of benzene rings is 5. The molecule has 0 aliphatic rings. The van der Waals surface area contributed by atoms with Crippen LogP contribution in [0.2, 0.25) is 0 Å². The van der Waals surface area contributed by atoms with Crippen LogP contribution in [0.1, 0.15) is 41.5 Å². The summed E-state index contributed by atoms with van der Waals surface area (Å²) in [5.41, 5.74) is -2.41. The summed E-state index contributed by atoms with van der Waals surface area (Å²) in [7, 11) is 0. The van der Waals surface area contributed by atoms with E-state index in [9.17, 15) is 13.2 Å². The zero-order valence-corrected chi connectivity index (χ0v) is 23.2. The molecular formula is C38H30F3NO. The fourth-order valence-electron chi connectivity index (χ4n) is 5.61. The zero-order valence-electron chi connectivity index (χ0n) is 31.2. The molecular weight excluding hydrogens is 543 g/mol. The van der Waals surface area contributed by atoms with Gasteiger partial charge in [-0.2, -0.15) is 13.2 Å². The molecule has 0 N–H and O–H groups in total. The van der Waals surface area contributed by atoms with E-state index in [1.807, 2.05) is 54.6 Å². The number of aryl methyl sites for hydroxylation is 2. The van der Waals surface area contributed by atoms with Gasteiger partial charge in [-0.3, -0.25) is 4.98 Å². The molecule has 0 bridgehead atoms. The van der Waals surface area contributed by atoms with Gasteiger partial charge in [0.2, 0.25) is 0 Å². The van der Waals surface area contributed by atoms with Gasteiger partial charge < -0.3 is 4.42 Å². The average Bonchev–Trinajstić information content (AvgIpc) is 3.43. The molecule has 0 atom stereocenters. The zero-order chi connectivity index (χ0) is 36.9. The van der Waals surface area contributed by atoms with Crippen molar-refractivity contribution in [3.8, 4) is 22.4 Å². The predicted octanol–water partition coefficient (Wildman–Crippen LogP) is 11.4. The second-order valence-corrected chi connectivity index (χ2v) is 11.3. The maximum absolute atomic E-state index is 14.0. The Morgan fingerprint density at radius 2 is 1.51 bits per heavy atom. The molecule has 0 radical (unpaired) electrons. The SMILES string of the molecule is [2H]C([2H])([2H])c1cnc(-c2cccc3c2oc2cc4c(ccc5ccccc54)cc23)cc1-c1ccc(C([2H])([2H])C(C)(C)C(F)(F)F)cc1C([2H])([2H])[2H]. The summed E-state index contributed by atoms with van der Waals surface area (Å²) in [6.45, 7) is -4.29. The number of furan rings is 1. The summed E-state index contributed by atoms with van der Waals surface area (Å²) in [4.78, 5) is 4.48. The third-order valence-electron chi connectivity index (χ3n) is 8.02. The third kappa shape index (κ3) is 4.55. The number of para-hydroxylation sites is 1. The van der Waals surface area contributed by atoms with Crippen LogP contribution in [-0.4, -0.2) is 11.2 Å². The summed E-state index contributed by atoms with van der Waals surface area (Å²) < 4.78 is 115. The molecule has 0 aliphatic carbocycles. The molecule has 0 saturated heterocycles. The van der Waals surface area contributed by atoms with Crippen molar-refractivity contribution in [1.82, 2.24) is 4.98 Å². The molecule has 7 rings (SSSR count). The normalized spacial score (nSPS) is 16.3. The van der Waals surface area contributed by atoms with E-state index in [0.717, 1.165) is 50.6 Å². The molecule has 214 valence electrons. The van der Waals surface area contributed by atoms with Crippen molar-refractivity contribution in [3.05, 3.63) is 114 Å². The first-order valence-corrected chi connectivity index (χ1v) is 13.7. The number of pyridine rings is 1. The molecule has 0 unspecified atom stereocenters. The average molecular weight is 582 g/mol. The van der Waals surface area contributed by atoms with Crippen molar-refractivity contribution >= 4 is 43.5 Å². The van der Waals surface area contributed by atoms with Crippen LogP contribution in [0.15, 0.2) is 102 Å². The van der Waals surface area contributed by atoms with Gasteiger partial charge in [-0.1, -0.05) is 80.6 Å². The molecule has 5 heteroatoms. The van der Waals surface area contributed by atoms with Crippen LogP contribution in [0.4, 0.5) is 13.2 Å². The molecule has 0 spiro atoms. The highest BCUT2D eigenvalue weighted by molar-refractivity contribution is 6.17. The van der Waals surface area contributed by atoms with Crippen LogP contribution in [0, 0.1) is 19.1 Å². The summed E-state index contributed by atoms with van der Waals surface area (Å²) in [5, 5.41) is 5.80. The van der Waals surface area contributed by atoms with Crippen molar-refractivity contribution < 1.29 is 28.6 Å². The standard InChI is InChI=1S/C38H30F3NO/c1-22-16-24(20-37(3,4)38(39,40)41)12-15-27(22)31-18-34(42-21-23(31)2)30-11-7-10-29-33-17-26-14-13-25-8-5-6-9-28(25)32(26)19-35(33)43-36(29)30/h5-19,21H,20H2,1-4H3/i1D3,2D3,20D2. The first-order chi connectivity index (χ1) is 23.7. The Balaban J connectivity index is 1.44. The van der Waals surface area contributed by atoms with Crippen LogP contribution in [0.3, 0.4) is 0 Å². The molecule has 0 fully saturated rings. The van der Waals surface area contributed by atoms with Gasteiger partial charge >= 0.3 is 6.18 Å². The molecule has 7 aromatic rings. The number of halogens is 3. The largest absolute Gasteiger partial charge is 0.455 e. The predicted molar refractivity (Wildman–Crippen MR) is 170 cm³/mol. The van der Waals surface area contributed by atoms with Crippen molar-refractivity contribution in [2.24, 2.45) is 5.41 Å². The molecule has 0 saturated carbocycles. The highest BCUT2D eigenvalue weighted by atomic mass is 19.4. The molecule has 2 heterocycles. The van der Waals surface area contributed by atoms with E-state index < -0.39 is 42.8 Å². The number of hydrogen-bond donors (Lipinski definition) is 0. The Kier molecular flexibility index (Phi) is 4.41. The minimum Gasteiger partial charge on any atom is -0.455 e. The molecule has 43 heavy (non-hydrogen) atoms. The van der Waals surface area contributed by atoms with E-state index >= 15 is 0 Å². The van der Waals surface area contributed by atoms with Crippen molar-refractivity contribution in [3.63, 3.8) is 0 Å². The fraction of sp³-hybridized carbons (Fsp3) is 0.184. The van der Waals surface area contributed by atoms with Gasteiger partial charge in [0.05, 0.1) is 11.1 Å². The Hall–Kier alpha value is -4.64. The second kappa shape index (κ2) is 9.70. The van der Waals surface area contributed by atoms with E-state index in [4.69, 9.17) is 15.4 Å². The molecule has 2 aromatic heterocycles. The lowest BCUT2D eigenvalue weighted by molar-refractivity contribution is -0.211. The molecule has 5 aromatic carbocycles. The van der Waals surface area contributed by atoms with Gasteiger partial charge in [0.15, 0.2) is 0 Å². The Labute approximate surface area is 259 Å². The number of rotatable bonds is 4. The number of nitrogens with zero attached hydrogens (tertiary/aromatic N) is 1. The van der Waals surface area contributed by atoms with Gasteiger partial charge in [-0.25, -0.2) is 0 Å². The molecule has 0 amide bonds. The first kappa shape index (κ1) is 19.5. The number of fused-ring (bicyclic) bond motifs is 6. The highest BCUT2D eigenvalue weighted by Crippen LogP contribution is 2.42. The van der Waals surface area contributed by atoms with E-state index in [2.05, 4.69) is 11.1 Å². The Morgan fingerprint density at radius 1 is 0.721 bits per heavy atom. The molecule has 0 aliphatic heterocycles. The molecule has 2 nitrogen and oxygen atoms in total. The van der Waals surface area contributed by atoms with Gasteiger partial charge in [0, 0.05) is 33.5 Å². The maximum atomic E-state index is 14.0. The van der Waals surface area contributed by atoms with E-state index in [0.29, 0.717) is 30.6 Å². The Bertz CT molecular complexity index is 2510. The second-order valence-electron chi connectivity index (χ2n) is 11.3. The third-order valence-corrected chi connectivity index (χ3v) is 8.02. The van der Waals surface area contributed by atoms with Gasteiger partial charge in [0.1, 0.15) is 11.2 Å². The minimum absolute atomic E-state index is 0.0290. The lowest BCUT2D eigenvalue weighted by Crippen LogP contribution is -2.34. The number of hydrogen-bond acceptors (Lipinski definition) is 2. The number of aromatic nitrogens is 1. The number of alkyl halides is 3. The monoisotopic (exact) mass is 581 g/mol. The summed E-state index contributed by atoms with van der Waals surface area (Å²) in [6, 6.07) is 26.2. The Morgan fingerprint density at radius 3 is 2.33 bits per heavy atom.